The van der Waals surface area contributed by atoms with Gasteiger partial charge in [-0.3, -0.25) is 14.8 Å². The van der Waals surface area contributed by atoms with E-state index < -0.39 is 28.1 Å². The summed E-state index contributed by atoms with van der Waals surface area (Å²) in [7, 11) is -3.72. The van der Waals surface area contributed by atoms with Crippen LogP contribution in [-0.4, -0.2) is 76.9 Å². The van der Waals surface area contributed by atoms with Gasteiger partial charge in [-0.15, -0.1) is 0 Å². The van der Waals surface area contributed by atoms with Crippen LogP contribution in [-0.2, 0) is 16.4 Å². The molecular weight excluding hydrogens is 530 g/mol. The van der Waals surface area contributed by atoms with Crippen LogP contribution in [0.15, 0.2) is 66.0 Å². The summed E-state index contributed by atoms with van der Waals surface area (Å²) < 4.78 is 24.4. The maximum atomic E-state index is 12.7. The maximum Gasteiger partial charge on any atom is 0.253 e. The molecule has 0 atom stereocenters. The number of aliphatic hydroxyl groups excluding tert-OH is 1. The van der Waals surface area contributed by atoms with Crippen molar-refractivity contribution >= 4 is 32.5 Å². The number of aromatic nitrogens is 4. The molecule has 40 heavy (non-hydrogen) atoms. The molecule has 1 saturated carbocycles. The van der Waals surface area contributed by atoms with Crippen molar-refractivity contribution in [1.29, 1.82) is 0 Å². The van der Waals surface area contributed by atoms with Crippen molar-refractivity contribution < 1.29 is 18.3 Å². The van der Waals surface area contributed by atoms with Crippen LogP contribution in [0.1, 0.15) is 28.9 Å². The second kappa shape index (κ2) is 10.5. The Morgan fingerprint density at radius 2 is 1.93 bits per heavy atom. The zero-order valence-corrected chi connectivity index (χ0v) is 22.6. The van der Waals surface area contributed by atoms with Crippen molar-refractivity contribution in [2.75, 3.05) is 36.9 Å². The Labute approximate surface area is 231 Å². The first-order valence-corrected chi connectivity index (χ1v) is 14.8. The van der Waals surface area contributed by atoms with Crippen molar-refractivity contribution in [2.45, 2.75) is 29.8 Å². The number of piperazine rings is 1. The van der Waals surface area contributed by atoms with E-state index in [-0.39, 0.29) is 22.5 Å². The molecule has 2 fully saturated rings. The summed E-state index contributed by atoms with van der Waals surface area (Å²) in [6.07, 6.45) is 6.58. The highest BCUT2D eigenvalue weighted by Gasteiger charge is 2.45. The third-order valence-corrected chi connectivity index (χ3v) is 8.97. The van der Waals surface area contributed by atoms with Gasteiger partial charge in [0.25, 0.3) is 5.91 Å². The normalized spacial score (nSPS) is 16.3. The summed E-state index contributed by atoms with van der Waals surface area (Å²) in [4.78, 5) is 33.0. The zero-order valence-electron chi connectivity index (χ0n) is 21.7. The number of carbonyl (C=O) groups is 1. The molecule has 1 spiro atoms. The molecule has 0 bridgehead atoms. The van der Waals surface area contributed by atoms with Crippen LogP contribution in [0.25, 0.3) is 22.3 Å². The van der Waals surface area contributed by atoms with Crippen molar-refractivity contribution in [1.82, 2.24) is 30.6 Å². The van der Waals surface area contributed by atoms with Crippen LogP contribution in [0, 0.1) is 0 Å². The van der Waals surface area contributed by atoms with Crippen LogP contribution >= 0.6 is 0 Å². The third-order valence-electron chi connectivity index (χ3n) is 7.30. The fourth-order valence-corrected chi connectivity index (χ4v) is 5.91. The lowest BCUT2D eigenvalue weighted by Gasteiger charge is -2.35. The average molecular weight is 560 g/mol. The number of rotatable bonds is 8. The molecule has 1 amide bonds. The van der Waals surface area contributed by atoms with E-state index in [4.69, 9.17) is 15.1 Å². The number of nitrogens with one attached hydrogen (secondary N) is 2. The molecule has 4 aromatic rings. The van der Waals surface area contributed by atoms with Gasteiger partial charge in [-0.05, 0) is 49.2 Å². The highest BCUT2D eigenvalue weighted by Crippen LogP contribution is 2.38. The summed E-state index contributed by atoms with van der Waals surface area (Å²) in [6, 6.07) is 13.0. The topological polar surface area (TPSA) is 150 Å². The highest BCUT2D eigenvalue weighted by molar-refractivity contribution is 7.91. The Hall–Kier alpha value is -4.00. The first-order valence-electron chi connectivity index (χ1n) is 13.1. The van der Waals surface area contributed by atoms with Gasteiger partial charge in [-0.2, -0.15) is 0 Å². The Morgan fingerprint density at radius 3 is 2.75 bits per heavy atom. The first kappa shape index (κ1) is 26.2. The van der Waals surface area contributed by atoms with Gasteiger partial charge in [0.05, 0.1) is 52.0 Å². The molecule has 6 rings (SSSR count). The third kappa shape index (κ3) is 5.51. The molecule has 1 aliphatic heterocycles. The van der Waals surface area contributed by atoms with Crippen molar-refractivity contribution in [2.24, 2.45) is 0 Å². The Morgan fingerprint density at radius 1 is 1.07 bits per heavy atom. The summed E-state index contributed by atoms with van der Waals surface area (Å²) in [5, 5.41) is 16.2. The maximum absolute atomic E-state index is 12.7. The van der Waals surface area contributed by atoms with Crippen molar-refractivity contribution in [3.05, 3.63) is 72.3 Å². The van der Waals surface area contributed by atoms with E-state index in [9.17, 15) is 13.2 Å². The number of aliphatic hydroxyl groups is 1. The van der Waals surface area contributed by atoms with Crippen LogP contribution in [0.4, 0.5) is 5.82 Å². The Bertz CT molecular complexity index is 1690. The second-order valence-electron chi connectivity index (χ2n) is 10.2. The van der Waals surface area contributed by atoms with E-state index in [0.29, 0.717) is 5.69 Å². The van der Waals surface area contributed by atoms with Crippen molar-refractivity contribution in [3.63, 3.8) is 0 Å². The van der Waals surface area contributed by atoms with Crippen LogP contribution < -0.4 is 15.5 Å². The minimum atomic E-state index is -3.72. The summed E-state index contributed by atoms with van der Waals surface area (Å²) in [6.45, 7) is 2.45. The van der Waals surface area contributed by atoms with Crippen LogP contribution in [0.3, 0.4) is 0 Å². The highest BCUT2D eigenvalue weighted by atomic mass is 32.2. The number of fused-ring (bicyclic) bond motifs is 1. The van der Waals surface area contributed by atoms with E-state index in [0.717, 1.165) is 53.9 Å². The van der Waals surface area contributed by atoms with Crippen LogP contribution in [0.5, 0.6) is 0 Å². The number of pyridine rings is 4. The fraction of sp³-hybridized carbons (Fsp3) is 0.321. The van der Waals surface area contributed by atoms with Gasteiger partial charge in [0.15, 0.2) is 9.84 Å². The molecule has 3 N–H and O–H groups in total. The van der Waals surface area contributed by atoms with Gasteiger partial charge in [-0.25, -0.2) is 18.4 Å². The molecule has 4 aromatic heterocycles. The molecule has 0 radical (unpaired) electrons. The van der Waals surface area contributed by atoms with Gasteiger partial charge >= 0.3 is 0 Å². The second-order valence-corrected chi connectivity index (χ2v) is 12.3. The quantitative estimate of drug-likeness (QED) is 0.291. The number of anilines is 1. The smallest absolute Gasteiger partial charge is 0.253 e. The molecule has 2 aliphatic rings. The predicted molar refractivity (Wildman–Crippen MR) is 149 cm³/mol. The molecule has 0 aromatic carbocycles. The molecule has 11 nitrogen and oxygen atoms in total. The Balaban J connectivity index is 1.18. The SMILES string of the molecule is O=C(NCc1cc2nc(-c3cccc(N4CCNC5(CC5)C4)n3)ccc2cn1)c1cncc(S(=O)(=O)CCO)c1. The van der Waals surface area contributed by atoms with E-state index >= 15 is 0 Å². The molecule has 206 valence electrons. The number of amides is 1. The minimum absolute atomic E-state index is 0.100. The number of sulfone groups is 1. The number of hydrogen-bond donors (Lipinski definition) is 3. The lowest BCUT2D eigenvalue weighted by molar-refractivity contribution is 0.0950. The molecule has 5 heterocycles. The van der Waals surface area contributed by atoms with E-state index in [1.165, 1.54) is 25.1 Å². The van der Waals surface area contributed by atoms with Gasteiger partial charge in [0.1, 0.15) is 5.82 Å². The summed E-state index contributed by atoms with van der Waals surface area (Å²) in [5.41, 5.74) is 3.22. The summed E-state index contributed by atoms with van der Waals surface area (Å²) in [5.74, 6) is 0.0264. The van der Waals surface area contributed by atoms with E-state index in [2.05, 4.69) is 25.5 Å². The predicted octanol–water partition coefficient (Wildman–Crippen LogP) is 1.72. The lowest BCUT2D eigenvalue weighted by atomic mass is 10.1. The summed E-state index contributed by atoms with van der Waals surface area (Å²) >= 11 is 0. The van der Waals surface area contributed by atoms with Gasteiger partial charge < -0.3 is 20.6 Å². The Kier molecular flexibility index (Phi) is 6.90. The molecular formula is C28H29N7O4S. The largest absolute Gasteiger partial charge is 0.395 e. The molecule has 12 heteroatoms. The fourth-order valence-electron chi connectivity index (χ4n) is 4.90. The van der Waals surface area contributed by atoms with E-state index in [1.54, 1.807) is 6.20 Å². The van der Waals surface area contributed by atoms with E-state index in [1.807, 2.05) is 36.4 Å². The molecule has 1 saturated heterocycles. The number of carbonyl (C=O) groups excluding carboxylic acids is 1. The molecule has 1 aliphatic carbocycles. The number of hydrogen-bond acceptors (Lipinski definition) is 10. The standard InChI is InChI=1S/C28H29N7O4S/c36-10-11-40(38,39)22-12-20(14-29-17-22)27(37)31-16-21-13-25-19(15-30-21)4-5-24(33-25)23-2-1-3-26(34-23)35-9-8-32-28(18-35)6-7-28/h1-5,12-15,17,32,36H,6-11,16,18H2,(H,31,37). The minimum Gasteiger partial charge on any atom is -0.395 e. The molecule has 0 unspecified atom stereocenters. The van der Waals surface area contributed by atoms with Crippen molar-refractivity contribution in [3.8, 4) is 11.4 Å². The van der Waals surface area contributed by atoms with Crippen LogP contribution in [0.2, 0.25) is 0 Å². The number of nitrogens with zero attached hydrogens (tertiary/aromatic N) is 5. The zero-order chi connectivity index (χ0) is 27.7. The van der Waals surface area contributed by atoms with Gasteiger partial charge in [-0.1, -0.05) is 6.07 Å². The lowest BCUT2D eigenvalue weighted by Crippen LogP contribution is -2.52. The van der Waals surface area contributed by atoms with Gasteiger partial charge in [0.2, 0.25) is 0 Å². The monoisotopic (exact) mass is 559 g/mol. The average Bonchev–Trinajstić information content (AvgIpc) is 3.73. The van der Waals surface area contributed by atoms with Gasteiger partial charge in [0, 0.05) is 49.1 Å². The first-order chi connectivity index (χ1) is 19.3.